The number of hydrogen-bond donors (Lipinski definition) is 0. The molecule has 2 aliphatic heterocycles. The van der Waals surface area contributed by atoms with Crippen molar-refractivity contribution < 1.29 is 19.1 Å². The van der Waals surface area contributed by atoms with Crippen LogP contribution in [0.15, 0.2) is 11.6 Å². The zero-order chi connectivity index (χ0) is 13.3. The second-order valence-corrected chi connectivity index (χ2v) is 5.19. The molecule has 0 saturated carbocycles. The maximum atomic E-state index is 11.6. The molecule has 0 N–H and O–H groups in total. The van der Waals surface area contributed by atoms with Crippen LogP contribution in [0.5, 0.6) is 0 Å². The van der Waals surface area contributed by atoms with Crippen molar-refractivity contribution >= 4 is 12.1 Å². The maximum absolute atomic E-state index is 11.6. The molecule has 0 aromatic carbocycles. The fourth-order valence-electron chi connectivity index (χ4n) is 2.55. The highest BCUT2D eigenvalue weighted by Crippen LogP contribution is 2.37. The lowest BCUT2D eigenvalue weighted by Crippen LogP contribution is -2.45. The number of hydrogen-bond acceptors (Lipinski definition) is 4. The van der Waals surface area contributed by atoms with Crippen LogP contribution >= 0.6 is 0 Å². The van der Waals surface area contributed by atoms with E-state index in [9.17, 15) is 9.59 Å². The molecule has 2 heterocycles. The van der Waals surface area contributed by atoms with Gasteiger partial charge in [-0.1, -0.05) is 5.57 Å². The van der Waals surface area contributed by atoms with E-state index in [1.54, 1.807) is 17.9 Å². The van der Waals surface area contributed by atoms with E-state index in [2.05, 4.69) is 0 Å². The highest BCUT2D eigenvalue weighted by molar-refractivity contribution is 5.83. The Bertz CT molecular complexity index is 400. The molecule has 5 heteroatoms. The van der Waals surface area contributed by atoms with Crippen molar-refractivity contribution in [3.63, 3.8) is 0 Å². The van der Waals surface area contributed by atoms with Crippen molar-refractivity contribution in [3.05, 3.63) is 11.6 Å². The first-order valence-electron chi connectivity index (χ1n) is 6.30. The monoisotopic (exact) mass is 253 g/mol. The number of cyclic esters (lactones) is 1. The summed E-state index contributed by atoms with van der Waals surface area (Å²) in [6.45, 7) is 6.58. The normalized spacial score (nSPS) is 27.9. The van der Waals surface area contributed by atoms with Gasteiger partial charge in [0.25, 0.3) is 0 Å². The van der Waals surface area contributed by atoms with Crippen molar-refractivity contribution in [2.24, 2.45) is 0 Å². The van der Waals surface area contributed by atoms with Crippen LogP contribution in [-0.4, -0.2) is 41.8 Å². The van der Waals surface area contributed by atoms with Crippen LogP contribution in [0.25, 0.3) is 0 Å². The molecule has 2 fully saturated rings. The number of esters is 1. The number of carbonyl (C=O) groups excluding carboxylic acids is 2. The van der Waals surface area contributed by atoms with Gasteiger partial charge in [-0.05, 0) is 33.6 Å². The largest absolute Gasteiger partial charge is 0.463 e. The van der Waals surface area contributed by atoms with E-state index in [0.29, 0.717) is 26.0 Å². The number of ether oxygens (including phenoxy) is 2. The molecule has 1 atom stereocenters. The standard InChI is InChI=1S/C13H19NO4/c1-4-17-11(15)8-9-5-6-14-10(7-9)13(2,3)18-12(14)16/h8,10H,4-7H2,1-3H3/b9-8-. The van der Waals surface area contributed by atoms with Crippen molar-refractivity contribution in [2.75, 3.05) is 13.2 Å². The molecule has 0 spiro atoms. The molecular formula is C13H19NO4. The topological polar surface area (TPSA) is 55.8 Å². The van der Waals surface area contributed by atoms with Crippen molar-refractivity contribution in [1.29, 1.82) is 0 Å². The van der Waals surface area contributed by atoms with Gasteiger partial charge in [0, 0.05) is 12.6 Å². The Kier molecular flexibility index (Phi) is 3.32. The van der Waals surface area contributed by atoms with Crippen LogP contribution in [0, 0.1) is 0 Å². The summed E-state index contributed by atoms with van der Waals surface area (Å²) in [7, 11) is 0. The van der Waals surface area contributed by atoms with Gasteiger partial charge in [0.1, 0.15) is 5.60 Å². The third-order valence-corrected chi connectivity index (χ3v) is 3.50. The van der Waals surface area contributed by atoms with Gasteiger partial charge in [-0.25, -0.2) is 9.59 Å². The zero-order valence-corrected chi connectivity index (χ0v) is 11.1. The Balaban J connectivity index is 2.09. The molecule has 0 aromatic heterocycles. The van der Waals surface area contributed by atoms with Gasteiger partial charge < -0.3 is 14.4 Å². The SMILES string of the molecule is CCOC(=O)/C=C1/CCN2C(=O)OC(C)(C)C2C1. The average Bonchev–Trinajstić information content (AvgIpc) is 2.50. The Morgan fingerprint density at radius 3 is 3.00 bits per heavy atom. The van der Waals surface area contributed by atoms with Gasteiger partial charge in [0.15, 0.2) is 0 Å². The van der Waals surface area contributed by atoms with E-state index < -0.39 is 5.60 Å². The van der Waals surface area contributed by atoms with Gasteiger partial charge in [0.2, 0.25) is 0 Å². The van der Waals surface area contributed by atoms with Gasteiger partial charge in [-0.2, -0.15) is 0 Å². The van der Waals surface area contributed by atoms with Crippen LogP contribution < -0.4 is 0 Å². The van der Waals surface area contributed by atoms with E-state index in [-0.39, 0.29) is 18.1 Å². The summed E-state index contributed by atoms with van der Waals surface area (Å²) < 4.78 is 10.2. The average molecular weight is 253 g/mol. The molecule has 18 heavy (non-hydrogen) atoms. The Hall–Kier alpha value is -1.52. The van der Waals surface area contributed by atoms with E-state index >= 15 is 0 Å². The van der Waals surface area contributed by atoms with Crippen LogP contribution in [0.1, 0.15) is 33.6 Å². The maximum Gasteiger partial charge on any atom is 0.410 e. The summed E-state index contributed by atoms with van der Waals surface area (Å²) in [4.78, 5) is 24.8. The molecule has 0 aromatic rings. The molecule has 100 valence electrons. The van der Waals surface area contributed by atoms with Gasteiger partial charge in [0.05, 0.1) is 12.6 Å². The summed E-state index contributed by atoms with van der Waals surface area (Å²) in [5.41, 5.74) is 0.534. The van der Waals surface area contributed by atoms with Gasteiger partial charge >= 0.3 is 12.1 Å². The smallest absolute Gasteiger partial charge is 0.410 e. The van der Waals surface area contributed by atoms with E-state index in [1.165, 1.54) is 0 Å². The van der Waals surface area contributed by atoms with Crippen molar-refractivity contribution in [1.82, 2.24) is 4.90 Å². The molecule has 0 bridgehead atoms. The second-order valence-electron chi connectivity index (χ2n) is 5.19. The van der Waals surface area contributed by atoms with E-state index in [4.69, 9.17) is 9.47 Å². The van der Waals surface area contributed by atoms with Crippen LogP contribution in [0.3, 0.4) is 0 Å². The summed E-state index contributed by atoms with van der Waals surface area (Å²) >= 11 is 0. The minimum Gasteiger partial charge on any atom is -0.463 e. The number of rotatable bonds is 2. The first-order valence-corrected chi connectivity index (χ1v) is 6.30. The Morgan fingerprint density at radius 2 is 2.33 bits per heavy atom. The molecular weight excluding hydrogens is 234 g/mol. The van der Waals surface area contributed by atoms with E-state index in [1.807, 2.05) is 13.8 Å². The van der Waals surface area contributed by atoms with Crippen molar-refractivity contribution in [2.45, 2.75) is 45.3 Å². The third kappa shape index (κ3) is 2.35. The quantitative estimate of drug-likeness (QED) is 0.557. The summed E-state index contributed by atoms with van der Waals surface area (Å²) in [5, 5.41) is 0. The summed E-state index contributed by atoms with van der Waals surface area (Å²) in [6.07, 6.45) is 2.69. The minimum absolute atomic E-state index is 0.0134. The number of amides is 1. The molecule has 2 rings (SSSR count). The highest BCUT2D eigenvalue weighted by Gasteiger charge is 2.49. The lowest BCUT2D eigenvalue weighted by atomic mass is 9.87. The van der Waals surface area contributed by atoms with Crippen LogP contribution in [0.2, 0.25) is 0 Å². The predicted octanol–water partition coefficient (Wildman–Crippen LogP) is 1.87. The Morgan fingerprint density at radius 1 is 1.61 bits per heavy atom. The number of carbonyl (C=O) groups is 2. The predicted molar refractivity (Wildman–Crippen MR) is 65.0 cm³/mol. The fraction of sp³-hybridized carbons (Fsp3) is 0.692. The summed E-state index contributed by atoms with van der Waals surface area (Å²) in [6, 6.07) is 0.0134. The molecule has 0 radical (unpaired) electrons. The van der Waals surface area contributed by atoms with Crippen LogP contribution in [-0.2, 0) is 14.3 Å². The fourth-order valence-corrected chi connectivity index (χ4v) is 2.55. The highest BCUT2D eigenvalue weighted by atomic mass is 16.6. The molecule has 1 amide bonds. The molecule has 2 saturated heterocycles. The lowest BCUT2D eigenvalue weighted by Gasteiger charge is -2.33. The number of fused-ring (bicyclic) bond motifs is 1. The molecule has 1 unspecified atom stereocenters. The molecule has 0 aliphatic carbocycles. The molecule has 2 aliphatic rings. The number of nitrogens with zero attached hydrogens (tertiary/aromatic N) is 1. The first-order chi connectivity index (χ1) is 8.44. The summed E-state index contributed by atoms with van der Waals surface area (Å²) in [5.74, 6) is -0.302. The lowest BCUT2D eigenvalue weighted by molar-refractivity contribution is -0.137. The number of piperidine rings is 1. The Labute approximate surface area is 107 Å². The van der Waals surface area contributed by atoms with Crippen LogP contribution in [0.4, 0.5) is 4.79 Å². The zero-order valence-electron chi connectivity index (χ0n) is 11.1. The van der Waals surface area contributed by atoms with Gasteiger partial charge in [-0.3, -0.25) is 0 Å². The second kappa shape index (κ2) is 4.63. The minimum atomic E-state index is -0.495. The van der Waals surface area contributed by atoms with E-state index in [0.717, 1.165) is 5.57 Å². The molecule has 5 nitrogen and oxygen atoms in total. The first kappa shape index (κ1) is 12.9. The van der Waals surface area contributed by atoms with Crippen molar-refractivity contribution in [3.8, 4) is 0 Å². The van der Waals surface area contributed by atoms with Gasteiger partial charge in [-0.15, -0.1) is 0 Å². The third-order valence-electron chi connectivity index (χ3n) is 3.50.